The molecule has 2 atom stereocenters. The van der Waals surface area contributed by atoms with Crippen molar-refractivity contribution in [3.8, 4) is 0 Å². The summed E-state index contributed by atoms with van der Waals surface area (Å²) in [6.45, 7) is 11.1. The van der Waals surface area contributed by atoms with E-state index in [0.717, 1.165) is 0 Å². The number of hydrogen-bond acceptors (Lipinski definition) is 1. The first-order valence-corrected chi connectivity index (χ1v) is 11.8. The SMILES string of the molecule is C[C@@H]1[C@@H](C)C1([Se]c1ccccc1)C(=O)[Si](C)(C)C. The zero-order valence-electron chi connectivity index (χ0n) is 11.9. The molecule has 0 amide bonds. The van der Waals surface area contributed by atoms with Gasteiger partial charge in [0.15, 0.2) is 0 Å². The molecule has 0 spiro atoms. The van der Waals surface area contributed by atoms with Gasteiger partial charge in [-0.25, -0.2) is 0 Å². The zero-order valence-corrected chi connectivity index (χ0v) is 14.6. The molecule has 18 heavy (non-hydrogen) atoms. The van der Waals surface area contributed by atoms with Crippen molar-refractivity contribution in [3.05, 3.63) is 30.3 Å². The van der Waals surface area contributed by atoms with Gasteiger partial charge in [-0.3, -0.25) is 0 Å². The molecule has 0 radical (unpaired) electrons. The van der Waals surface area contributed by atoms with Crippen LogP contribution in [-0.4, -0.2) is 28.4 Å². The topological polar surface area (TPSA) is 17.1 Å². The number of hydrogen-bond donors (Lipinski definition) is 0. The van der Waals surface area contributed by atoms with Crippen molar-refractivity contribution in [2.24, 2.45) is 11.8 Å². The van der Waals surface area contributed by atoms with Crippen molar-refractivity contribution in [2.45, 2.75) is 37.8 Å². The summed E-state index contributed by atoms with van der Waals surface area (Å²) < 4.78 is 1.37. The van der Waals surface area contributed by atoms with Crippen molar-refractivity contribution in [3.63, 3.8) is 0 Å². The van der Waals surface area contributed by atoms with Crippen LogP contribution in [-0.2, 0) is 4.79 Å². The van der Waals surface area contributed by atoms with E-state index >= 15 is 0 Å². The van der Waals surface area contributed by atoms with Crippen LogP contribution in [0.5, 0.6) is 0 Å². The third-order valence-electron chi connectivity index (χ3n) is 4.06. The Kier molecular flexibility index (Phi) is 3.61. The Hall–Kier alpha value is -0.374. The number of rotatable bonds is 4. The van der Waals surface area contributed by atoms with Gasteiger partial charge in [0, 0.05) is 0 Å². The van der Waals surface area contributed by atoms with Gasteiger partial charge in [-0.15, -0.1) is 0 Å². The van der Waals surface area contributed by atoms with Crippen LogP contribution in [0.3, 0.4) is 0 Å². The molecule has 1 aromatic rings. The fourth-order valence-electron chi connectivity index (χ4n) is 2.65. The van der Waals surface area contributed by atoms with Gasteiger partial charge in [-0.1, -0.05) is 0 Å². The fourth-order valence-corrected chi connectivity index (χ4v) is 9.59. The Morgan fingerprint density at radius 2 is 1.61 bits per heavy atom. The molecule has 0 bridgehead atoms. The van der Waals surface area contributed by atoms with Gasteiger partial charge in [-0.05, 0) is 0 Å². The van der Waals surface area contributed by atoms with E-state index in [0.29, 0.717) is 17.2 Å². The molecule has 1 aromatic carbocycles. The van der Waals surface area contributed by atoms with E-state index in [4.69, 9.17) is 0 Å². The second kappa shape index (κ2) is 4.63. The summed E-state index contributed by atoms with van der Waals surface area (Å²) in [7, 11) is -1.69. The average molecular weight is 325 g/mol. The third-order valence-corrected chi connectivity index (χ3v) is 9.96. The first kappa shape index (κ1) is 14.0. The molecule has 3 heteroatoms. The van der Waals surface area contributed by atoms with Crippen LogP contribution in [0.25, 0.3) is 0 Å². The Morgan fingerprint density at radius 3 is 2.00 bits per heavy atom. The van der Waals surface area contributed by atoms with Gasteiger partial charge >= 0.3 is 118 Å². The van der Waals surface area contributed by atoms with Gasteiger partial charge in [0.2, 0.25) is 0 Å². The van der Waals surface area contributed by atoms with Gasteiger partial charge in [-0.2, -0.15) is 0 Å². The normalized spacial score (nSPS) is 31.2. The van der Waals surface area contributed by atoms with Crippen molar-refractivity contribution >= 4 is 32.9 Å². The molecule has 0 unspecified atom stereocenters. The Morgan fingerprint density at radius 1 is 1.11 bits per heavy atom. The molecule has 0 N–H and O–H groups in total. The molecule has 0 saturated heterocycles. The Balaban J connectivity index is 2.28. The van der Waals surface area contributed by atoms with Gasteiger partial charge in [0.25, 0.3) is 0 Å². The van der Waals surface area contributed by atoms with Crippen LogP contribution in [0.4, 0.5) is 0 Å². The number of benzene rings is 1. The Bertz CT molecular complexity index is 441. The number of carbonyl (C=O) groups excluding carboxylic acids is 1. The first-order chi connectivity index (χ1) is 8.30. The summed E-state index contributed by atoms with van der Waals surface area (Å²) in [6.07, 6.45) is 0. The minimum atomic E-state index is -1.69. The van der Waals surface area contributed by atoms with Gasteiger partial charge < -0.3 is 0 Å². The predicted octanol–water partition coefficient (Wildman–Crippen LogP) is 2.91. The van der Waals surface area contributed by atoms with Gasteiger partial charge in [0.1, 0.15) is 0 Å². The van der Waals surface area contributed by atoms with Crippen LogP contribution < -0.4 is 4.46 Å². The van der Waals surface area contributed by atoms with Gasteiger partial charge in [0.05, 0.1) is 0 Å². The molecule has 0 aliphatic heterocycles. The second-order valence-corrected chi connectivity index (χ2v) is 14.2. The zero-order chi connectivity index (χ0) is 13.6. The molecule has 2 rings (SSSR count). The van der Waals surface area contributed by atoms with E-state index in [1.807, 2.05) is 6.07 Å². The summed E-state index contributed by atoms with van der Waals surface area (Å²) in [5, 5.41) is 0.596. The van der Waals surface area contributed by atoms with Crippen molar-refractivity contribution in [2.75, 3.05) is 0 Å². The average Bonchev–Trinajstić information content (AvgIpc) is 2.82. The maximum atomic E-state index is 12.9. The van der Waals surface area contributed by atoms with Crippen LogP contribution in [0.15, 0.2) is 30.3 Å². The fraction of sp³-hybridized carbons (Fsp3) is 0.533. The third kappa shape index (κ3) is 2.24. The van der Waals surface area contributed by atoms with E-state index < -0.39 is 8.07 Å². The Labute approximate surface area is 118 Å². The molecule has 1 aliphatic rings. The first-order valence-electron chi connectivity index (χ1n) is 6.59. The quantitative estimate of drug-likeness (QED) is 0.778. The molecule has 1 aliphatic carbocycles. The molecule has 98 valence electrons. The van der Waals surface area contributed by atoms with Crippen molar-refractivity contribution < 1.29 is 4.79 Å². The van der Waals surface area contributed by atoms with E-state index in [1.54, 1.807) is 0 Å². The predicted molar refractivity (Wildman–Crippen MR) is 81.2 cm³/mol. The number of carbonyl (C=O) groups is 1. The van der Waals surface area contributed by atoms with Crippen LogP contribution in [0.2, 0.25) is 24.0 Å². The van der Waals surface area contributed by atoms with E-state index in [1.165, 1.54) is 4.46 Å². The maximum absolute atomic E-state index is 12.9. The molecule has 0 heterocycles. The standard InChI is InChI=1S/C15H22OSeSi/c1-11-12(2)15(11,14(16)18(3,4)5)17-13-9-7-6-8-10-13/h6-12H,1-5H3/t11-,12-/m1/s1. The minimum absolute atomic E-state index is 0.00117. The van der Waals surface area contributed by atoms with Crippen LogP contribution in [0.1, 0.15) is 13.8 Å². The van der Waals surface area contributed by atoms with E-state index in [9.17, 15) is 4.79 Å². The van der Waals surface area contributed by atoms with E-state index in [2.05, 4.69) is 57.8 Å². The summed E-state index contributed by atoms with van der Waals surface area (Å²) in [4.78, 5) is 12.9. The second-order valence-electron chi connectivity index (χ2n) is 6.36. The van der Waals surface area contributed by atoms with Crippen molar-refractivity contribution in [1.29, 1.82) is 0 Å². The molecular formula is C15H22OSeSi. The molecule has 1 nitrogen and oxygen atoms in total. The van der Waals surface area contributed by atoms with Crippen LogP contribution in [0, 0.1) is 11.8 Å². The molecular weight excluding hydrogens is 303 g/mol. The van der Waals surface area contributed by atoms with Crippen molar-refractivity contribution in [1.82, 2.24) is 0 Å². The molecule has 1 fully saturated rings. The summed E-state index contributed by atoms with van der Waals surface area (Å²) >= 11 is 0.282. The summed E-state index contributed by atoms with van der Waals surface area (Å²) in [5.74, 6) is 1.13. The molecule has 0 aromatic heterocycles. The van der Waals surface area contributed by atoms with Crippen LogP contribution >= 0.6 is 0 Å². The summed E-state index contributed by atoms with van der Waals surface area (Å²) in [5.41, 5.74) is 0. The summed E-state index contributed by atoms with van der Waals surface area (Å²) in [6, 6.07) is 10.6. The molecule has 1 saturated carbocycles. The van der Waals surface area contributed by atoms with E-state index in [-0.39, 0.29) is 19.3 Å². The monoisotopic (exact) mass is 326 g/mol.